The fourth-order valence-corrected chi connectivity index (χ4v) is 2.08. The molecule has 0 spiro atoms. The van der Waals surface area contributed by atoms with E-state index in [4.69, 9.17) is 10.5 Å². The number of aliphatic hydroxyl groups is 1. The van der Waals surface area contributed by atoms with Gasteiger partial charge in [0.2, 0.25) is 0 Å². The number of carbonyl (C=O) groups is 1. The van der Waals surface area contributed by atoms with Crippen molar-refractivity contribution in [2.24, 2.45) is 15.7 Å². The molecular weight excluding hydrogens is 341 g/mol. The topological polar surface area (TPSA) is 123 Å². The lowest BCUT2D eigenvalue weighted by Crippen LogP contribution is -2.46. The molecule has 1 amide bonds. The van der Waals surface area contributed by atoms with Crippen molar-refractivity contribution in [1.29, 1.82) is 0 Å². The van der Waals surface area contributed by atoms with Crippen LogP contribution in [0.1, 0.15) is 19.7 Å². The molecule has 1 aromatic carbocycles. The summed E-state index contributed by atoms with van der Waals surface area (Å²) < 4.78 is 18.4. The van der Waals surface area contributed by atoms with Crippen LogP contribution in [0.15, 0.2) is 46.6 Å². The number of benzene rings is 1. The highest BCUT2D eigenvalue weighted by Crippen LogP contribution is 2.20. The third-order valence-corrected chi connectivity index (χ3v) is 3.42. The van der Waals surface area contributed by atoms with Crippen molar-refractivity contribution in [3.05, 3.63) is 48.3 Å². The Balaban J connectivity index is 1.85. The van der Waals surface area contributed by atoms with Crippen LogP contribution in [0, 0.1) is 5.82 Å². The molecule has 0 radical (unpaired) electrons. The Morgan fingerprint density at radius 3 is 2.31 bits per heavy atom. The molecule has 2 aromatic rings. The molecule has 134 valence electrons. The van der Waals surface area contributed by atoms with E-state index < -0.39 is 17.6 Å². The van der Waals surface area contributed by atoms with Gasteiger partial charge in [0, 0.05) is 0 Å². The molecule has 0 fully saturated rings. The van der Waals surface area contributed by atoms with Gasteiger partial charge in [-0.15, -0.1) is 0 Å². The molecule has 1 atom stereocenters. The minimum absolute atomic E-state index is 0.0353. The normalized spacial score (nSPS) is 17.6. The first kappa shape index (κ1) is 17.8. The quantitative estimate of drug-likeness (QED) is 0.848. The van der Waals surface area contributed by atoms with Crippen LogP contribution in [0.3, 0.4) is 0 Å². The summed E-state index contributed by atoms with van der Waals surface area (Å²) in [6, 6.07) is 5.45. The van der Waals surface area contributed by atoms with E-state index in [1.54, 1.807) is 13.8 Å². The van der Waals surface area contributed by atoms with Gasteiger partial charge in [-0.05, 0) is 38.1 Å². The fourth-order valence-electron chi connectivity index (χ4n) is 2.08. The van der Waals surface area contributed by atoms with Crippen molar-refractivity contribution in [1.82, 2.24) is 9.97 Å². The lowest BCUT2D eigenvalue weighted by molar-refractivity contribution is -0.122. The molecule has 1 aliphatic rings. The van der Waals surface area contributed by atoms with Crippen LogP contribution in [0.4, 0.5) is 4.39 Å². The number of halogens is 1. The maximum absolute atomic E-state index is 12.9. The minimum Gasteiger partial charge on any atom is -0.454 e. The molecule has 9 heteroatoms. The summed E-state index contributed by atoms with van der Waals surface area (Å²) in [5, 5.41) is 10.0. The molecule has 1 aliphatic heterocycles. The number of ether oxygens (including phenoxy) is 1. The third-order valence-electron chi connectivity index (χ3n) is 3.42. The van der Waals surface area contributed by atoms with Crippen LogP contribution in [-0.4, -0.2) is 44.2 Å². The summed E-state index contributed by atoms with van der Waals surface area (Å²) >= 11 is 0. The zero-order valence-electron chi connectivity index (χ0n) is 14.0. The van der Waals surface area contributed by atoms with Crippen LogP contribution in [0.2, 0.25) is 0 Å². The zero-order chi connectivity index (χ0) is 18.9. The Morgan fingerprint density at radius 2 is 1.73 bits per heavy atom. The minimum atomic E-state index is -1.56. The van der Waals surface area contributed by atoms with Crippen LogP contribution in [0.25, 0.3) is 0 Å². The van der Waals surface area contributed by atoms with Gasteiger partial charge in [0.25, 0.3) is 5.91 Å². The lowest BCUT2D eigenvalue weighted by Gasteiger charge is -2.23. The molecule has 8 nitrogen and oxygen atoms in total. The number of rotatable bonds is 4. The van der Waals surface area contributed by atoms with Crippen LogP contribution in [0.5, 0.6) is 11.5 Å². The van der Waals surface area contributed by atoms with Gasteiger partial charge in [-0.2, -0.15) is 4.99 Å². The maximum Gasteiger partial charge on any atom is 0.282 e. The van der Waals surface area contributed by atoms with E-state index in [9.17, 15) is 14.3 Å². The number of hydrogen-bond acceptors (Lipinski definition) is 7. The van der Waals surface area contributed by atoms with E-state index in [1.165, 1.54) is 36.7 Å². The first-order valence-electron chi connectivity index (χ1n) is 7.68. The Morgan fingerprint density at radius 1 is 1.12 bits per heavy atom. The molecular formula is C17H16FN5O3. The predicted octanol–water partition coefficient (Wildman–Crippen LogP) is 1.23. The van der Waals surface area contributed by atoms with Crippen molar-refractivity contribution in [2.45, 2.75) is 25.5 Å². The van der Waals surface area contributed by atoms with Crippen molar-refractivity contribution >= 4 is 17.5 Å². The molecule has 26 heavy (non-hydrogen) atoms. The third kappa shape index (κ3) is 3.79. The first-order valence-corrected chi connectivity index (χ1v) is 7.68. The molecule has 0 aliphatic carbocycles. The number of hydrogen-bond donors (Lipinski definition) is 2. The fraction of sp³-hybridized carbons (Fsp3) is 0.235. The highest BCUT2D eigenvalue weighted by molar-refractivity contribution is 6.23. The monoisotopic (exact) mass is 357 g/mol. The summed E-state index contributed by atoms with van der Waals surface area (Å²) in [6.07, 6.45) is 1.14. The van der Waals surface area contributed by atoms with Gasteiger partial charge in [0.15, 0.2) is 23.5 Å². The summed E-state index contributed by atoms with van der Waals surface area (Å²) in [5.41, 5.74) is 4.92. The van der Waals surface area contributed by atoms with Crippen LogP contribution < -0.4 is 10.5 Å². The van der Waals surface area contributed by atoms with E-state index in [-0.39, 0.29) is 23.2 Å². The number of aliphatic hydroxyl groups excluding tert-OH is 1. The molecule has 3 rings (SSSR count). The van der Waals surface area contributed by atoms with E-state index in [0.29, 0.717) is 11.5 Å². The van der Waals surface area contributed by atoms with Gasteiger partial charge >= 0.3 is 0 Å². The predicted molar refractivity (Wildman–Crippen MR) is 91.8 cm³/mol. The number of aliphatic imine (C=N–C) groups is 2. The number of aromatic nitrogens is 2. The molecule has 1 aromatic heterocycles. The van der Waals surface area contributed by atoms with Gasteiger partial charge < -0.3 is 15.6 Å². The molecule has 0 saturated carbocycles. The Hall–Kier alpha value is -3.04. The van der Waals surface area contributed by atoms with Crippen molar-refractivity contribution in [3.63, 3.8) is 0 Å². The average molecular weight is 357 g/mol. The Bertz CT molecular complexity index is 886. The summed E-state index contributed by atoms with van der Waals surface area (Å²) in [4.78, 5) is 27.9. The molecule has 2 heterocycles. The molecule has 3 N–H and O–H groups in total. The van der Waals surface area contributed by atoms with Crippen molar-refractivity contribution in [2.75, 3.05) is 0 Å². The largest absolute Gasteiger partial charge is 0.454 e. The SMILES string of the molecule is CC(C)(N)C1=NC(=O)C(O)C(c2ncc(Oc3ccc(F)cc3)cn2)=N1. The standard InChI is InChI=1S/C17H16FN5O3/c1-17(2,19)16-22-12(13(24)15(25)23-16)14-20-7-11(8-21-14)26-10-5-3-9(18)4-6-10/h3-8,13,24H,19H2,1-2H3. The zero-order valence-corrected chi connectivity index (χ0v) is 14.0. The Kier molecular flexibility index (Phi) is 4.58. The van der Waals surface area contributed by atoms with Crippen LogP contribution in [-0.2, 0) is 4.79 Å². The van der Waals surface area contributed by atoms with Crippen molar-refractivity contribution < 1.29 is 19.0 Å². The van der Waals surface area contributed by atoms with Gasteiger partial charge in [-0.1, -0.05) is 0 Å². The van der Waals surface area contributed by atoms with E-state index in [2.05, 4.69) is 20.0 Å². The second kappa shape index (κ2) is 6.70. The van der Waals surface area contributed by atoms with E-state index in [1.807, 2.05) is 0 Å². The maximum atomic E-state index is 12.9. The van der Waals surface area contributed by atoms with Gasteiger partial charge in [0.1, 0.15) is 17.3 Å². The highest BCUT2D eigenvalue weighted by Gasteiger charge is 2.33. The summed E-state index contributed by atoms with van der Waals surface area (Å²) in [7, 11) is 0. The average Bonchev–Trinajstić information content (AvgIpc) is 2.59. The second-order valence-electron chi connectivity index (χ2n) is 6.19. The Labute approximate surface area is 148 Å². The first-order chi connectivity index (χ1) is 12.2. The smallest absolute Gasteiger partial charge is 0.282 e. The molecule has 0 saturated heterocycles. The number of carbonyl (C=O) groups excluding carboxylic acids is 1. The van der Waals surface area contributed by atoms with E-state index >= 15 is 0 Å². The molecule has 1 unspecified atom stereocenters. The van der Waals surface area contributed by atoms with Crippen LogP contribution >= 0.6 is 0 Å². The number of nitrogens with two attached hydrogens (primary N) is 1. The second-order valence-corrected chi connectivity index (χ2v) is 6.19. The van der Waals surface area contributed by atoms with Crippen molar-refractivity contribution in [3.8, 4) is 11.5 Å². The number of nitrogens with zero attached hydrogens (tertiary/aromatic N) is 4. The van der Waals surface area contributed by atoms with Gasteiger partial charge in [-0.3, -0.25) is 4.79 Å². The van der Waals surface area contributed by atoms with Gasteiger partial charge in [-0.25, -0.2) is 19.4 Å². The van der Waals surface area contributed by atoms with E-state index in [0.717, 1.165) is 0 Å². The number of amides is 1. The highest BCUT2D eigenvalue weighted by atomic mass is 19.1. The molecule has 0 bridgehead atoms. The summed E-state index contributed by atoms with van der Waals surface area (Å²) in [6.45, 7) is 3.27. The number of amidine groups is 1. The van der Waals surface area contributed by atoms with Gasteiger partial charge in [0.05, 0.1) is 17.9 Å². The summed E-state index contributed by atoms with van der Waals surface area (Å²) in [5.74, 6) is -0.318. The lowest BCUT2D eigenvalue weighted by atomic mass is 10.0.